The number of ether oxygens (including phenoxy) is 2. The number of benzene rings is 2. The van der Waals surface area contributed by atoms with E-state index in [-0.39, 0.29) is 17.4 Å². The predicted octanol–water partition coefficient (Wildman–Crippen LogP) is 3.84. The summed E-state index contributed by atoms with van der Waals surface area (Å²) in [5.74, 6) is -1.13. The Labute approximate surface area is 197 Å². The first-order valence-electron chi connectivity index (χ1n) is 10.5. The van der Waals surface area contributed by atoms with Gasteiger partial charge in [-0.25, -0.2) is 0 Å². The van der Waals surface area contributed by atoms with E-state index in [1.54, 1.807) is 16.7 Å². The van der Waals surface area contributed by atoms with Crippen LogP contribution in [-0.2, 0) is 13.1 Å². The van der Waals surface area contributed by atoms with Crippen molar-refractivity contribution >= 4 is 17.4 Å². The van der Waals surface area contributed by atoms with Crippen LogP contribution in [0.2, 0.25) is 0 Å². The fourth-order valence-electron chi connectivity index (χ4n) is 3.50. The van der Waals surface area contributed by atoms with E-state index in [2.05, 4.69) is 19.9 Å². The van der Waals surface area contributed by atoms with Gasteiger partial charge < -0.3 is 24.9 Å². The normalized spacial score (nSPS) is 14.3. The fraction of sp³-hybridized carbons (Fsp3) is 0.273. The smallest absolute Gasteiger partial charge is 0.444 e. The van der Waals surface area contributed by atoms with Crippen LogP contribution >= 0.6 is 0 Å². The lowest BCUT2D eigenvalue weighted by Gasteiger charge is -2.24. The Kier molecular flexibility index (Phi) is 6.87. The summed E-state index contributed by atoms with van der Waals surface area (Å²) in [5, 5.41) is 13.6. The van der Waals surface area contributed by atoms with Crippen molar-refractivity contribution in [3.63, 3.8) is 0 Å². The van der Waals surface area contributed by atoms with Crippen LogP contribution in [0.25, 0.3) is 0 Å². The summed E-state index contributed by atoms with van der Waals surface area (Å²) in [5.41, 5.74) is 1.69. The predicted molar refractivity (Wildman–Crippen MR) is 117 cm³/mol. The zero-order chi connectivity index (χ0) is 25.0. The van der Waals surface area contributed by atoms with E-state index in [4.69, 9.17) is 4.74 Å². The molecule has 2 heterocycles. The lowest BCUT2D eigenvalue weighted by Crippen LogP contribution is -2.33. The number of alkyl halides is 3. The van der Waals surface area contributed by atoms with Gasteiger partial charge in [0.05, 0.1) is 0 Å². The minimum atomic E-state index is -4.80. The quantitative estimate of drug-likeness (QED) is 0.412. The molecule has 4 rings (SSSR count). The number of nitrogens with one attached hydrogen (secondary N) is 1. The molecule has 0 atom stereocenters. The molecule has 1 aliphatic rings. The number of amides is 1. The Morgan fingerprint density at radius 2 is 1.83 bits per heavy atom. The fourth-order valence-corrected chi connectivity index (χ4v) is 3.50. The maximum atomic E-state index is 12.4. The van der Waals surface area contributed by atoms with Crippen LogP contribution in [0.5, 0.6) is 11.8 Å². The van der Waals surface area contributed by atoms with Crippen LogP contribution in [-0.4, -0.2) is 51.3 Å². The van der Waals surface area contributed by atoms with Crippen LogP contribution in [0.4, 0.5) is 24.7 Å². The van der Waals surface area contributed by atoms with Gasteiger partial charge >= 0.3 is 18.2 Å². The minimum Gasteiger partial charge on any atom is -0.444 e. The monoisotopic (exact) mass is 491 g/mol. The molecule has 1 aliphatic heterocycles. The topological polar surface area (TPSA) is 112 Å². The number of hydrogen-bond donors (Lipinski definition) is 1. The van der Waals surface area contributed by atoms with Gasteiger partial charge in [-0.3, -0.25) is 14.3 Å². The Hall–Kier alpha value is -4.13. The Morgan fingerprint density at radius 1 is 1.11 bits per heavy atom. The third-order valence-electron chi connectivity index (χ3n) is 5.18. The zero-order valence-corrected chi connectivity index (χ0v) is 18.2. The van der Waals surface area contributed by atoms with Crippen molar-refractivity contribution in [1.82, 2.24) is 14.5 Å². The van der Waals surface area contributed by atoms with Gasteiger partial charge in [-0.15, -0.1) is 13.2 Å². The molecule has 10 nitrogen and oxygen atoms in total. The molecule has 0 spiro atoms. The van der Waals surface area contributed by atoms with Gasteiger partial charge in [0, 0.05) is 42.4 Å². The second-order valence-electron chi connectivity index (χ2n) is 7.68. The number of carbonyl (C=O) groups excluding carboxylic acids is 1. The lowest BCUT2D eigenvalue weighted by molar-refractivity contribution is -0.389. The third-order valence-corrected chi connectivity index (χ3v) is 5.18. The van der Waals surface area contributed by atoms with E-state index < -0.39 is 22.9 Å². The van der Waals surface area contributed by atoms with Crippen LogP contribution in [0.1, 0.15) is 15.9 Å². The van der Waals surface area contributed by atoms with E-state index in [1.165, 1.54) is 18.3 Å². The van der Waals surface area contributed by atoms with Gasteiger partial charge in [0.2, 0.25) is 0 Å². The Morgan fingerprint density at radius 3 is 2.49 bits per heavy atom. The molecular formula is C22H20F3N5O5. The summed E-state index contributed by atoms with van der Waals surface area (Å²) < 4.78 is 47.7. The molecule has 1 N–H and O–H groups in total. The van der Waals surface area contributed by atoms with Crippen molar-refractivity contribution in [3.05, 3.63) is 76.0 Å². The first-order valence-corrected chi connectivity index (χ1v) is 10.5. The second-order valence-corrected chi connectivity index (χ2v) is 7.68. The van der Waals surface area contributed by atoms with Crippen molar-refractivity contribution < 1.29 is 32.4 Å². The minimum absolute atomic E-state index is 0.184. The SMILES string of the molecule is O=C(Nc1ccc(CN2CCOc3nc([N+](=O)[O-])cn3CC2)cc1)c1ccc(OC(F)(F)F)cc1. The van der Waals surface area contributed by atoms with Gasteiger partial charge in [-0.1, -0.05) is 12.1 Å². The molecule has 184 valence electrons. The summed E-state index contributed by atoms with van der Waals surface area (Å²) in [6, 6.07) is 12.0. The Balaban J connectivity index is 1.31. The number of hydrogen-bond acceptors (Lipinski definition) is 7. The lowest BCUT2D eigenvalue weighted by atomic mass is 10.1. The number of halogens is 3. The number of carbonyl (C=O) groups is 1. The van der Waals surface area contributed by atoms with Gasteiger partial charge in [-0.2, -0.15) is 0 Å². The van der Waals surface area contributed by atoms with Gasteiger partial charge in [0.1, 0.15) is 18.6 Å². The summed E-state index contributed by atoms with van der Waals surface area (Å²) in [6.45, 7) is 2.65. The first kappa shape index (κ1) is 24.0. The van der Waals surface area contributed by atoms with Gasteiger partial charge in [0.25, 0.3) is 5.91 Å². The standard InChI is InChI=1S/C22H20F3N5O5/c23-22(24,25)35-18-7-3-16(4-8-18)20(31)26-17-5-1-15(2-6-17)13-28-9-10-29-14-19(30(32)33)27-21(29)34-12-11-28/h1-8,14H,9-13H2,(H,26,31). The molecule has 0 saturated carbocycles. The van der Waals surface area contributed by atoms with E-state index in [0.717, 1.165) is 17.7 Å². The number of fused-ring (bicyclic) bond motifs is 1. The van der Waals surface area contributed by atoms with Crippen molar-refractivity contribution in [2.45, 2.75) is 19.5 Å². The maximum Gasteiger partial charge on any atom is 0.573 e. The second kappa shape index (κ2) is 10.0. The van der Waals surface area contributed by atoms with E-state index >= 15 is 0 Å². The summed E-state index contributed by atoms with van der Waals surface area (Å²) in [6.07, 6.45) is -3.44. The number of aromatic nitrogens is 2. The van der Waals surface area contributed by atoms with Gasteiger partial charge in [-0.05, 0) is 46.9 Å². The molecule has 1 aromatic heterocycles. The molecule has 0 bridgehead atoms. The molecule has 2 aromatic carbocycles. The molecular weight excluding hydrogens is 471 g/mol. The van der Waals surface area contributed by atoms with Crippen molar-refractivity contribution in [2.75, 3.05) is 25.0 Å². The van der Waals surface area contributed by atoms with E-state index in [9.17, 15) is 28.1 Å². The van der Waals surface area contributed by atoms with Crippen LogP contribution in [0.3, 0.4) is 0 Å². The Bertz CT molecular complexity index is 1200. The number of nitro groups is 1. The molecule has 0 radical (unpaired) electrons. The van der Waals surface area contributed by atoms with E-state index in [0.29, 0.717) is 38.5 Å². The highest BCUT2D eigenvalue weighted by Crippen LogP contribution is 2.23. The van der Waals surface area contributed by atoms with Crippen LogP contribution in [0, 0.1) is 10.1 Å². The number of anilines is 1. The maximum absolute atomic E-state index is 12.4. The van der Waals surface area contributed by atoms with Crippen molar-refractivity contribution in [3.8, 4) is 11.8 Å². The molecule has 0 unspecified atom stereocenters. The molecule has 0 saturated heterocycles. The zero-order valence-electron chi connectivity index (χ0n) is 18.2. The molecule has 35 heavy (non-hydrogen) atoms. The number of imidazole rings is 1. The van der Waals surface area contributed by atoms with Crippen LogP contribution < -0.4 is 14.8 Å². The summed E-state index contributed by atoms with van der Waals surface area (Å²) >= 11 is 0. The average molecular weight is 491 g/mol. The largest absolute Gasteiger partial charge is 0.573 e. The number of rotatable bonds is 6. The highest BCUT2D eigenvalue weighted by atomic mass is 19.4. The van der Waals surface area contributed by atoms with Gasteiger partial charge in [0.15, 0.2) is 0 Å². The highest BCUT2D eigenvalue weighted by molar-refractivity contribution is 6.04. The van der Waals surface area contributed by atoms with E-state index in [1.807, 2.05) is 12.1 Å². The van der Waals surface area contributed by atoms with Crippen molar-refractivity contribution in [2.24, 2.45) is 0 Å². The highest BCUT2D eigenvalue weighted by Gasteiger charge is 2.31. The summed E-state index contributed by atoms with van der Waals surface area (Å²) in [4.78, 5) is 28.8. The molecule has 13 heteroatoms. The molecule has 0 fully saturated rings. The third kappa shape index (κ3) is 6.47. The summed E-state index contributed by atoms with van der Waals surface area (Å²) in [7, 11) is 0. The average Bonchev–Trinajstić information content (AvgIpc) is 3.19. The first-order chi connectivity index (χ1) is 16.7. The molecule has 1 amide bonds. The molecule has 3 aromatic rings. The van der Waals surface area contributed by atoms with Crippen LogP contribution in [0.15, 0.2) is 54.7 Å². The molecule has 0 aliphatic carbocycles. The van der Waals surface area contributed by atoms with Crippen molar-refractivity contribution in [1.29, 1.82) is 0 Å². The number of nitrogens with zero attached hydrogens (tertiary/aromatic N) is 4.